The zero-order valence-corrected chi connectivity index (χ0v) is 14.9. The third-order valence-electron chi connectivity index (χ3n) is 4.22. The Kier molecular flexibility index (Phi) is 5.65. The van der Waals surface area contributed by atoms with E-state index in [2.05, 4.69) is 9.97 Å². The minimum absolute atomic E-state index is 0.100. The van der Waals surface area contributed by atoms with Gasteiger partial charge in [-0.15, -0.1) is 11.8 Å². The van der Waals surface area contributed by atoms with Crippen LogP contribution in [0.3, 0.4) is 0 Å². The molecule has 0 bridgehead atoms. The molecule has 7 heteroatoms. The fourth-order valence-electron chi connectivity index (χ4n) is 2.76. The van der Waals surface area contributed by atoms with Crippen molar-refractivity contribution in [1.82, 2.24) is 19.8 Å². The van der Waals surface area contributed by atoms with Crippen molar-refractivity contribution >= 4 is 23.6 Å². The number of amides is 2. The minimum Gasteiger partial charge on any atom is -0.339 e. The van der Waals surface area contributed by atoms with Crippen molar-refractivity contribution in [3.05, 3.63) is 54.1 Å². The summed E-state index contributed by atoms with van der Waals surface area (Å²) >= 11 is 1.68. The van der Waals surface area contributed by atoms with Gasteiger partial charge in [-0.1, -0.05) is 12.1 Å². The number of nitrogens with zero attached hydrogens (tertiary/aromatic N) is 4. The number of aromatic nitrogens is 2. The van der Waals surface area contributed by atoms with Gasteiger partial charge in [0, 0.05) is 43.5 Å². The third-order valence-corrected chi connectivity index (χ3v) is 4.96. The first-order valence-corrected chi connectivity index (χ1v) is 9.36. The molecule has 130 valence electrons. The van der Waals surface area contributed by atoms with E-state index >= 15 is 0 Å². The average Bonchev–Trinajstić information content (AvgIpc) is 2.69. The highest BCUT2D eigenvalue weighted by atomic mass is 32.2. The Bertz CT molecular complexity index is 729. The molecule has 1 aliphatic rings. The highest BCUT2D eigenvalue weighted by Gasteiger charge is 2.25. The van der Waals surface area contributed by atoms with Gasteiger partial charge in [0.05, 0.1) is 12.6 Å². The number of carbonyl (C=O) groups is 2. The van der Waals surface area contributed by atoms with E-state index in [9.17, 15) is 9.59 Å². The topological polar surface area (TPSA) is 66.4 Å². The van der Waals surface area contributed by atoms with E-state index in [1.54, 1.807) is 22.9 Å². The third kappa shape index (κ3) is 4.36. The Morgan fingerprint density at radius 1 is 1.04 bits per heavy atom. The van der Waals surface area contributed by atoms with Gasteiger partial charge in [0.2, 0.25) is 5.91 Å². The van der Waals surface area contributed by atoms with E-state index in [0.717, 1.165) is 5.56 Å². The monoisotopic (exact) mass is 356 g/mol. The summed E-state index contributed by atoms with van der Waals surface area (Å²) in [5, 5.41) is 0. The number of hydrogen-bond donors (Lipinski definition) is 0. The molecule has 0 unspecified atom stereocenters. The normalized spacial score (nSPS) is 14.4. The molecule has 2 aromatic rings. The molecular formula is C18H20N4O2S. The maximum atomic E-state index is 12.5. The van der Waals surface area contributed by atoms with Crippen molar-refractivity contribution in [3.63, 3.8) is 0 Å². The minimum atomic E-state index is -0.132. The van der Waals surface area contributed by atoms with E-state index in [1.165, 1.54) is 17.3 Å². The van der Waals surface area contributed by atoms with Gasteiger partial charge in [-0.05, 0) is 24.0 Å². The fraction of sp³-hybridized carbons (Fsp3) is 0.333. The molecule has 1 aromatic carbocycles. The summed E-state index contributed by atoms with van der Waals surface area (Å²) in [6.07, 6.45) is 6.95. The van der Waals surface area contributed by atoms with Crippen molar-refractivity contribution in [3.8, 4) is 0 Å². The zero-order chi connectivity index (χ0) is 17.6. The Hall–Kier alpha value is -2.41. The number of hydrogen-bond acceptors (Lipinski definition) is 5. The predicted octanol–water partition coefficient (Wildman–Crippen LogP) is 1.73. The molecule has 1 saturated heterocycles. The van der Waals surface area contributed by atoms with Crippen LogP contribution in [0.1, 0.15) is 16.1 Å². The highest BCUT2D eigenvalue weighted by Crippen LogP contribution is 2.16. The molecule has 0 atom stereocenters. The second-order valence-corrected chi connectivity index (χ2v) is 6.67. The predicted molar refractivity (Wildman–Crippen MR) is 96.4 cm³/mol. The van der Waals surface area contributed by atoms with Gasteiger partial charge >= 0.3 is 0 Å². The second-order valence-electron chi connectivity index (χ2n) is 5.79. The van der Waals surface area contributed by atoms with Crippen LogP contribution in [0.4, 0.5) is 0 Å². The van der Waals surface area contributed by atoms with Crippen molar-refractivity contribution in [2.75, 3.05) is 32.4 Å². The SMILES string of the molecule is CSc1ccc(CC(=O)N2CCN(C(=O)c3cnccn3)CC2)cc1. The van der Waals surface area contributed by atoms with Crippen LogP contribution in [0.15, 0.2) is 47.8 Å². The first kappa shape index (κ1) is 17.4. The first-order chi connectivity index (χ1) is 12.2. The standard InChI is InChI=1S/C18H20N4O2S/c1-25-15-4-2-14(3-5-15)12-17(23)21-8-10-22(11-9-21)18(24)16-13-19-6-7-20-16/h2-7,13H,8-12H2,1H3. The largest absolute Gasteiger partial charge is 0.339 e. The van der Waals surface area contributed by atoms with Gasteiger partial charge in [0.15, 0.2) is 0 Å². The molecule has 2 amide bonds. The molecule has 0 aliphatic carbocycles. The quantitative estimate of drug-likeness (QED) is 0.781. The molecule has 1 aromatic heterocycles. The van der Waals surface area contributed by atoms with Gasteiger partial charge in [0.1, 0.15) is 5.69 Å². The molecular weight excluding hydrogens is 336 g/mol. The lowest BCUT2D eigenvalue weighted by molar-refractivity contribution is -0.131. The lowest BCUT2D eigenvalue weighted by atomic mass is 10.1. The van der Waals surface area contributed by atoms with Crippen LogP contribution in [-0.2, 0) is 11.2 Å². The van der Waals surface area contributed by atoms with Crippen LogP contribution in [0.5, 0.6) is 0 Å². The molecule has 1 fully saturated rings. The molecule has 25 heavy (non-hydrogen) atoms. The van der Waals surface area contributed by atoms with Crippen LogP contribution < -0.4 is 0 Å². The summed E-state index contributed by atoms with van der Waals surface area (Å²) in [5.74, 6) is -0.0312. The Balaban J connectivity index is 1.53. The Morgan fingerprint density at radius 3 is 2.32 bits per heavy atom. The smallest absolute Gasteiger partial charge is 0.274 e. The van der Waals surface area contributed by atoms with Crippen LogP contribution in [0, 0.1) is 0 Å². The van der Waals surface area contributed by atoms with E-state index in [1.807, 2.05) is 35.4 Å². The molecule has 0 radical (unpaired) electrons. The van der Waals surface area contributed by atoms with Crippen molar-refractivity contribution in [2.24, 2.45) is 0 Å². The van der Waals surface area contributed by atoms with Crippen LogP contribution >= 0.6 is 11.8 Å². The summed E-state index contributed by atoms with van der Waals surface area (Å²) in [4.78, 5) is 37.5. The summed E-state index contributed by atoms with van der Waals surface area (Å²) in [5.41, 5.74) is 1.36. The first-order valence-electron chi connectivity index (χ1n) is 8.13. The number of piperazine rings is 1. The average molecular weight is 356 g/mol. The number of thioether (sulfide) groups is 1. The maximum absolute atomic E-state index is 12.5. The second kappa shape index (κ2) is 8.11. The zero-order valence-electron chi connectivity index (χ0n) is 14.1. The van der Waals surface area contributed by atoms with Crippen LogP contribution in [0.25, 0.3) is 0 Å². The lowest BCUT2D eigenvalue weighted by Gasteiger charge is -2.34. The molecule has 0 saturated carbocycles. The number of carbonyl (C=O) groups excluding carboxylic acids is 2. The van der Waals surface area contributed by atoms with Crippen molar-refractivity contribution in [2.45, 2.75) is 11.3 Å². The van der Waals surface area contributed by atoms with Gasteiger partial charge < -0.3 is 9.80 Å². The van der Waals surface area contributed by atoms with E-state index in [4.69, 9.17) is 0 Å². The lowest BCUT2D eigenvalue weighted by Crippen LogP contribution is -2.51. The van der Waals surface area contributed by atoms with Crippen LogP contribution in [-0.4, -0.2) is 64.0 Å². The molecule has 2 heterocycles. The maximum Gasteiger partial charge on any atom is 0.274 e. The molecule has 0 N–H and O–H groups in total. The van der Waals surface area contributed by atoms with E-state index < -0.39 is 0 Å². The van der Waals surface area contributed by atoms with Gasteiger partial charge in [-0.25, -0.2) is 4.98 Å². The summed E-state index contributed by atoms with van der Waals surface area (Å²) in [6.45, 7) is 2.14. The summed E-state index contributed by atoms with van der Waals surface area (Å²) in [6, 6.07) is 8.06. The summed E-state index contributed by atoms with van der Waals surface area (Å²) in [7, 11) is 0. The highest BCUT2D eigenvalue weighted by molar-refractivity contribution is 7.98. The van der Waals surface area contributed by atoms with Gasteiger partial charge in [-0.2, -0.15) is 0 Å². The van der Waals surface area contributed by atoms with Gasteiger partial charge in [-0.3, -0.25) is 14.6 Å². The van der Waals surface area contributed by atoms with Crippen molar-refractivity contribution < 1.29 is 9.59 Å². The fourth-order valence-corrected chi connectivity index (χ4v) is 3.17. The van der Waals surface area contributed by atoms with E-state index in [-0.39, 0.29) is 11.8 Å². The molecule has 3 rings (SSSR count). The number of rotatable bonds is 4. The Morgan fingerprint density at radius 2 is 1.72 bits per heavy atom. The van der Waals surface area contributed by atoms with E-state index in [0.29, 0.717) is 38.3 Å². The summed E-state index contributed by atoms with van der Waals surface area (Å²) < 4.78 is 0. The van der Waals surface area contributed by atoms with Crippen molar-refractivity contribution in [1.29, 1.82) is 0 Å². The van der Waals surface area contributed by atoms with Gasteiger partial charge in [0.25, 0.3) is 5.91 Å². The molecule has 0 spiro atoms. The molecule has 1 aliphatic heterocycles. The Labute approximate surface area is 151 Å². The van der Waals surface area contributed by atoms with Crippen LogP contribution in [0.2, 0.25) is 0 Å². The number of benzene rings is 1. The molecule has 6 nitrogen and oxygen atoms in total.